The average Bonchev–Trinajstić information content (AvgIpc) is 3.39. The number of aliphatic hydroxyl groups is 2. The predicted octanol–water partition coefficient (Wildman–Crippen LogP) is 2.00. The van der Waals surface area contributed by atoms with E-state index in [9.17, 15) is 19.9 Å². The van der Waals surface area contributed by atoms with Gasteiger partial charge < -0.3 is 25.4 Å². The van der Waals surface area contributed by atoms with E-state index in [-0.39, 0.29) is 18.2 Å². The predicted molar refractivity (Wildman–Crippen MR) is 143 cm³/mol. The van der Waals surface area contributed by atoms with Gasteiger partial charge in [-0.2, -0.15) is 14.5 Å². The first-order valence-corrected chi connectivity index (χ1v) is 14.1. The molecule has 1 saturated heterocycles. The number of fused-ring (bicyclic) bond motifs is 1. The number of benzene rings is 1. The molecule has 2 aromatic heterocycles. The standard InChI is InChI=1S/C24H32ClN5O8P/c1-5-35-22(32)14(2)29-39(34,38-16-8-6-15(25)7-9-16)36-12-18-20(31)23(3,33)24(4,37-18)19-11-10-17-21(26)27-13-28-30(17)19/h6-11,13-14,18,20,29,31,33-34H,5,12H2,1-4H3,(H2,26,27,28)/q+1/t14-,18+,20+,23+,24-,39?/m0/s1. The first kappa shape index (κ1) is 29.4. The van der Waals surface area contributed by atoms with Crippen LogP contribution in [0.3, 0.4) is 0 Å². The maximum atomic E-state index is 12.2. The Bertz CT molecular complexity index is 1330. The Balaban J connectivity index is 1.58. The molecule has 212 valence electrons. The van der Waals surface area contributed by atoms with Gasteiger partial charge in [0.2, 0.25) is 0 Å². The zero-order chi connectivity index (χ0) is 28.6. The number of aliphatic hydroxyl groups excluding tert-OH is 1. The molecule has 1 aromatic carbocycles. The minimum atomic E-state index is -4.02. The SMILES string of the molecule is CCOC(=O)[C@H](C)N[P+](O)(OC[C@H]1O[C@@](C)(c2ccc3c(N)ncnn23)[C@](C)(O)[C@@H]1O)Oc1ccc(Cl)cc1. The summed E-state index contributed by atoms with van der Waals surface area (Å²) < 4.78 is 24.2. The highest BCUT2D eigenvalue weighted by Gasteiger charge is 2.63. The molecule has 6 atom stereocenters. The number of nitrogens with one attached hydrogen (secondary N) is 1. The normalized spacial score (nSPS) is 27.3. The molecule has 15 heteroatoms. The van der Waals surface area contributed by atoms with Gasteiger partial charge in [-0.1, -0.05) is 16.7 Å². The molecular formula is C24H32ClN5O8P+. The van der Waals surface area contributed by atoms with Crippen LogP contribution in [0.25, 0.3) is 5.52 Å². The second kappa shape index (κ2) is 11.1. The van der Waals surface area contributed by atoms with Crippen LogP contribution in [-0.4, -0.2) is 72.7 Å². The van der Waals surface area contributed by atoms with Crippen LogP contribution in [0.4, 0.5) is 5.82 Å². The summed E-state index contributed by atoms with van der Waals surface area (Å²) >= 11 is 5.95. The molecule has 13 nitrogen and oxygen atoms in total. The number of carbonyl (C=O) groups is 1. The summed E-state index contributed by atoms with van der Waals surface area (Å²) in [5.74, 6) is -0.192. The molecule has 3 aromatic rings. The first-order valence-electron chi connectivity index (χ1n) is 12.1. The summed E-state index contributed by atoms with van der Waals surface area (Å²) in [7, 11) is -4.02. The van der Waals surface area contributed by atoms with Crippen molar-refractivity contribution in [1.29, 1.82) is 0 Å². The fourth-order valence-electron chi connectivity index (χ4n) is 4.36. The van der Waals surface area contributed by atoms with Crippen LogP contribution in [0.15, 0.2) is 42.7 Å². The number of nitrogens with two attached hydrogens (primary N) is 1. The fraction of sp³-hybridized carbons (Fsp3) is 0.458. The van der Waals surface area contributed by atoms with Crippen molar-refractivity contribution in [2.75, 3.05) is 18.9 Å². The molecule has 0 bridgehead atoms. The van der Waals surface area contributed by atoms with Crippen LogP contribution in [-0.2, 0) is 24.4 Å². The number of rotatable bonds is 10. The summed E-state index contributed by atoms with van der Waals surface area (Å²) in [5.41, 5.74) is 3.55. The minimum Gasteiger partial charge on any atom is -0.465 e. The number of hydrogen-bond acceptors (Lipinski definition) is 12. The second-order valence-electron chi connectivity index (χ2n) is 9.41. The van der Waals surface area contributed by atoms with Gasteiger partial charge in [-0.3, -0.25) is 9.32 Å². The number of esters is 1. The Morgan fingerprint density at radius 2 is 2.00 bits per heavy atom. The number of carbonyl (C=O) groups excluding carboxylic acids is 1. The van der Waals surface area contributed by atoms with Gasteiger partial charge in [0.15, 0.2) is 11.6 Å². The van der Waals surface area contributed by atoms with Gasteiger partial charge in [-0.15, -0.1) is 0 Å². The van der Waals surface area contributed by atoms with Crippen LogP contribution in [0.5, 0.6) is 5.75 Å². The van der Waals surface area contributed by atoms with E-state index in [0.29, 0.717) is 16.2 Å². The van der Waals surface area contributed by atoms with Gasteiger partial charge >= 0.3 is 14.1 Å². The Labute approximate surface area is 230 Å². The molecule has 6 N–H and O–H groups in total. The molecule has 0 radical (unpaired) electrons. The third kappa shape index (κ3) is 5.67. The third-order valence-corrected chi connectivity index (χ3v) is 8.63. The molecule has 3 heterocycles. The molecule has 1 aliphatic rings. The summed E-state index contributed by atoms with van der Waals surface area (Å²) in [5, 5.41) is 29.8. The van der Waals surface area contributed by atoms with Gasteiger partial charge in [-0.25, -0.2) is 9.50 Å². The number of nitrogens with zero attached hydrogens (tertiary/aromatic N) is 3. The fourth-order valence-corrected chi connectivity index (χ4v) is 6.01. The Hall–Kier alpha value is -2.61. The van der Waals surface area contributed by atoms with Crippen molar-refractivity contribution < 1.29 is 38.4 Å². The number of nitrogen functional groups attached to an aromatic ring is 1. The number of aromatic nitrogens is 3. The highest BCUT2D eigenvalue weighted by atomic mass is 35.5. The van der Waals surface area contributed by atoms with E-state index in [4.69, 9.17) is 35.9 Å². The van der Waals surface area contributed by atoms with Crippen molar-refractivity contribution >= 4 is 37.0 Å². The van der Waals surface area contributed by atoms with E-state index in [1.165, 1.54) is 36.8 Å². The largest absolute Gasteiger partial charge is 0.544 e. The van der Waals surface area contributed by atoms with Gasteiger partial charge in [0, 0.05) is 5.02 Å². The van der Waals surface area contributed by atoms with E-state index >= 15 is 0 Å². The molecule has 1 aliphatic heterocycles. The smallest absolute Gasteiger partial charge is 0.465 e. The van der Waals surface area contributed by atoms with Crippen LogP contribution in [0.1, 0.15) is 33.4 Å². The highest BCUT2D eigenvalue weighted by Crippen LogP contribution is 2.55. The molecule has 1 unspecified atom stereocenters. The molecular weight excluding hydrogens is 553 g/mol. The number of anilines is 1. The molecule has 1 fully saturated rings. The van der Waals surface area contributed by atoms with Crippen molar-refractivity contribution in [3.05, 3.63) is 53.4 Å². The summed E-state index contributed by atoms with van der Waals surface area (Å²) in [6.07, 6.45) is -1.32. The van der Waals surface area contributed by atoms with Crippen LogP contribution in [0, 0.1) is 0 Å². The molecule has 0 saturated carbocycles. The Morgan fingerprint density at radius 1 is 1.31 bits per heavy atom. The molecule has 0 amide bonds. The third-order valence-electron chi connectivity index (χ3n) is 6.71. The Morgan fingerprint density at radius 3 is 2.67 bits per heavy atom. The number of halogens is 1. The second-order valence-corrected chi connectivity index (χ2v) is 11.6. The van der Waals surface area contributed by atoms with Gasteiger partial charge in [0.1, 0.15) is 47.9 Å². The zero-order valence-electron chi connectivity index (χ0n) is 21.8. The maximum absolute atomic E-state index is 12.2. The van der Waals surface area contributed by atoms with Crippen molar-refractivity contribution in [1.82, 2.24) is 19.7 Å². The highest BCUT2D eigenvalue weighted by molar-refractivity contribution is 7.58. The molecule has 39 heavy (non-hydrogen) atoms. The molecule has 0 aliphatic carbocycles. The van der Waals surface area contributed by atoms with Crippen LogP contribution >= 0.6 is 19.7 Å². The monoisotopic (exact) mass is 584 g/mol. The van der Waals surface area contributed by atoms with Gasteiger partial charge in [0.25, 0.3) is 0 Å². The van der Waals surface area contributed by atoms with Crippen molar-refractivity contribution in [3.8, 4) is 5.75 Å². The van der Waals surface area contributed by atoms with E-state index in [0.717, 1.165) is 0 Å². The van der Waals surface area contributed by atoms with E-state index in [1.807, 2.05) is 0 Å². The van der Waals surface area contributed by atoms with Crippen LogP contribution < -0.4 is 15.3 Å². The lowest BCUT2D eigenvalue weighted by Crippen LogP contribution is -2.51. The van der Waals surface area contributed by atoms with E-state index in [2.05, 4.69) is 15.2 Å². The summed E-state index contributed by atoms with van der Waals surface area (Å²) in [4.78, 5) is 27.6. The lowest BCUT2D eigenvalue weighted by Gasteiger charge is -2.35. The topological polar surface area (TPSA) is 183 Å². The summed E-state index contributed by atoms with van der Waals surface area (Å²) in [6, 6.07) is 8.48. The van der Waals surface area contributed by atoms with Gasteiger partial charge in [-0.05, 0) is 64.1 Å². The van der Waals surface area contributed by atoms with E-state index < -0.39 is 50.1 Å². The zero-order valence-corrected chi connectivity index (χ0v) is 23.5. The minimum absolute atomic E-state index is 0.140. The van der Waals surface area contributed by atoms with Gasteiger partial charge in [0.05, 0.1) is 12.3 Å². The lowest BCUT2D eigenvalue weighted by molar-refractivity contribution is -0.144. The average molecular weight is 585 g/mol. The molecule has 0 spiro atoms. The maximum Gasteiger partial charge on any atom is 0.544 e. The number of ether oxygens (including phenoxy) is 2. The number of hydrogen-bond donors (Lipinski definition) is 5. The first-order chi connectivity index (χ1) is 18.3. The van der Waals surface area contributed by atoms with Crippen molar-refractivity contribution in [2.45, 2.75) is 57.1 Å². The van der Waals surface area contributed by atoms with Crippen molar-refractivity contribution in [3.63, 3.8) is 0 Å². The van der Waals surface area contributed by atoms with Crippen LogP contribution in [0.2, 0.25) is 5.02 Å². The quantitative estimate of drug-likeness (QED) is 0.173. The molecule has 4 rings (SSSR count). The van der Waals surface area contributed by atoms with Crippen molar-refractivity contribution in [2.24, 2.45) is 0 Å². The summed E-state index contributed by atoms with van der Waals surface area (Å²) in [6.45, 7) is 5.88. The Kier molecular flexibility index (Phi) is 8.36. The lowest BCUT2D eigenvalue weighted by atomic mass is 9.81. The van der Waals surface area contributed by atoms with E-state index in [1.54, 1.807) is 38.1 Å².